The molecule has 0 aromatic heterocycles. The van der Waals surface area contributed by atoms with Crippen LogP contribution in [0, 0.1) is 24.0 Å². The van der Waals surface area contributed by atoms with Crippen molar-refractivity contribution in [2.75, 3.05) is 0 Å². The van der Waals surface area contributed by atoms with E-state index >= 15 is 0 Å². The normalized spacial score (nSPS) is 10.0. The Kier molecular flexibility index (Phi) is 3.12. The first-order chi connectivity index (χ1) is 7.77. The first kappa shape index (κ1) is 12.6. The van der Waals surface area contributed by atoms with E-state index in [1.54, 1.807) is 0 Å². The molecule has 0 atom stereocenters. The summed E-state index contributed by atoms with van der Waals surface area (Å²) < 4.78 is 0. The molecule has 1 aromatic rings. The highest BCUT2D eigenvalue weighted by Gasteiger charge is 2.20. The predicted molar refractivity (Wildman–Crippen MR) is 51.2 cm³/mol. The third-order valence-electron chi connectivity index (χ3n) is 2.44. The van der Waals surface area contributed by atoms with Gasteiger partial charge in [-0.15, -0.1) is 0 Å². The topological polar surface area (TPSA) is 123 Å². The van der Waals surface area contributed by atoms with Crippen LogP contribution in [0.25, 0.3) is 0 Å². The molecule has 7 heteroatoms. The monoisotopic (exact) mass is 237 g/mol. The minimum absolute atomic E-state index is 0.117. The van der Waals surface area contributed by atoms with E-state index in [0.717, 1.165) is 6.07 Å². The van der Waals surface area contributed by atoms with Gasteiger partial charge in [-0.25, -0.2) is 0 Å². The summed E-state index contributed by atoms with van der Waals surface area (Å²) in [5.41, 5.74) is -1.86. The summed E-state index contributed by atoms with van der Waals surface area (Å²) >= 11 is 0. The number of benzene rings is 1. The molecule has 1 aromatic carbocycles. The van der Waals surface area contributed by atoms with Crippen LogP contribution in [-0.2, 0) is 0 Å². The van der Waals surface area contributed by atoms with Gasteiger partial charge in [-0.05, 0) is 19.4 Å². The van der Waals surface area contributed by atoms with Crippen LogP contribution in [0.1, 0.15) is 31.8 Å². The Bertz CT molecular complexity index is 496. The van der Waals surface area contributed by atoms with Crippen LogP contribution in [0.15, 0.2) is 6.07 Å². The molecule has 1 rings (SSSR count). The fourth-order valence-electron chi connectivity index (χ4n) is 1.61. The highest BCUT2D eigenvalue weighted by atomic mass is 16.6. The van der Waals surface area contributed by atoms with Crippen molar-refractivity contribution in [3.63, 3.8) is 0 Å². The average Bonchev–Trinajstić information content (AvgIpc) is 2.15. The Labute approximate surface area is 95.5 Å². The fourth-order valence-corrected chi connectivity index (χ4v) is 1.61. The number of aromatic carboxylic acids is 2. The van der Waals surface area contributed by atoms with Gasteiger partial charge in [0, 0.05) is 22.8 Å². The molecule has 0 heterocycles. The smallest absolute Gasteiger partial charge is 0.273 e. The van der Waals surface area contributed by atoms with E-state index in [2.05, 4.69) is 0 Å². The SMILES string of the molecule is Cc1c(C(=O)[O-])cc([N+](=O)[O-])c(C)c1C(=O)[O-]. The number of nitro groups is 1. The molecule has 0 aliphatic carbocycles. The van der Waals surface area contributed by atoms with Gasteiger partial charge in [-0.3, -0.25) is 10.1 Å². The molecule has 0 bridgehead atoms. The molecular formula is C10H7NO6-2. The largest absolute Gasteiger partial charge is 0.545 e. The van der Waals surface area contributed by atoms with Crippen LogP contribution in [0.2, 0.25) is 0 Å². The predicted octanol–water partition coefficient (Wildman–Crippen LogP) is -1.06. The zero-order valence-corrected chi connectivity index (χ0v) is 8.97. The summed E-state index contributed by atoms with van der Waals surface area (Å²) in [5.74, 6) is -3.33. The van der Waals surface area contributed by atoms with Crippen molar-refractivity contribution >= 4 is 17.6 Å². The molecule has 0 amide bonds. The first-order valence-electron chi connectivity index (χ1n) is 4.48. The lowest BCUT2D eigenvalue weighted by Gasteiger charge is -2.15. The summed E-state index contributed by atoms with van der Waals surface area (Å²) in [4.78, 5) is 31.4. The zero-order chi connectivity index (χ0) is 13.3. The first-order valence-corrected chi connectivity index (χ1v) is 4.48. The Morgan fingerprint density at radius 2 is 1.65 bits per heavy atom. The standard InChI is InChI=1S/C10H9NO6/c1-4-6(9(12)13)3-7(11(16)17)5(2)8(4)10(14)15/h3H,1-2H3,(H,12,13)(H,14,15)/p-2. The molecule has 0 saturated heterocycles. The number of carbonyl (C=O) groups excluding carboxylic acids is 2. The molecule has 0 aliphatic rings. The van der Waals surface area contributed by atoms with E-state index in [4.69, 9.17) is 0 Å². The molecule has 0 radical (unpaired) electrons. The van der Waals surface area contributed by atoms with E-state index in [9.17, 15) is 29.9 Å². The second-order valence-corrected chi connectivity index (χ2v) is 3.40. The minimum atomic E-state index is -1.67. The van der Waals surface area contributed by atoms with E-state index in [1.807, 2.05) is 0 Å². The van der Waals surface area contributed by atoms with Crippen LogP contribution in [-0.4, -0.2) is 16.9 Å². The van der Waals surface area contributed by atoms with Crippen molar-refractivity contribution in [2.45, 2.75) is 13.8 Å². The summed E-state index contributed by atoms with van der Waals surface area (Å²) in [7, 11) is 0. The maximum absolute atomic E-state index is 10.8. The van der Waals surface area contributed by atoms with E-state index < -0.39 is 33.7 Å². The molecule has 90 valence electrons. The molecule has 0 unspecified atom stereocenters. The molecule has 17 heavy (non-hydrogen) atoms. The Morgan fingerprint density at radius 1 is 1.12 bits per heavy atom. The number of rotatable bonds is 3. The molecule has 7 nitrogen and oxygen atoms in total. The summed E-state index contributed by atoms with van der Waals surface area (Å²) in [6, 6.07) is 0.784. The van der Waals surface area contributed by atoms with Crippen LogP contribution < -0.4 is 10.2 Å². The Morgan fingerprint density at radius 3 is 2.00 bits per heavy atom. The minimum Gasteiger partial charge on any atom is -0.545 e. The van der Waals surface area contributed by atoms with Crippen molar-refractivity contribution in [3.8, 4) is 0 Å². The van der Waals surface area contributed by atoms with Crippen molar-refractivity contribution < 1.29 is 24.7 Å². The highest BCUT2D eigenvalue weighted by Crippen LogP contribution is 2.27. The van der Waals surface area contributed by atoms with Gasteiger partial charge in [-0.1, -0.05) is 0 Å². The lowest BCUT2D eigenvalue weighted by Crippen LogP contribution is -2.29. The van der Waals surface area contributed by atoms with Crippen molar-refractivity contribution in [1.82, 2.24) is 0 Å². The Balaban J connectivity index is 3.76. The van der Waals surface area contributed by atoms with Crippen LogP contribution in [0.3, 0.4) is 0 Å². The molecule has 0 fully saturated rings. The second-order valence-electron chi connectivity index (χ2n) is 3.40. The lowest BCUT2D eigenvalue weighted by atomic mass is 9.96. The quantitative estimate of drug-likeness (QED) is 0.487. The van der Waals surface area contributed by atoms with Gasteiger partial charge in [0.25, 0.3) is 5.69 Å². The van der Waals surface area contributed by atoms with E-state index in [1.165, 1.54) is 13.8 Å². The van der Waals surface area contributed by atoms with Crippen molar-refractivity contribution in [3.05, 3.63) is 38.4 Å². The van der Waals surface area contributed by atoms with Crippen LogP contribution in [0.4, 0.5) is 5.69 Å². The Hall–Kier alpha value is -2.44. The number of hydrogen-bond acceptors (Lipinski definition) is 6. The molecule has 0 saturated carbocycles. The third-order valence-corrected chi connectivity index (χ3v) is 2.44. The fraction of sp³-hybridized carbons (Fsp3) is 0.200. The third kappa shape index (κ3) is 2.07. The highest BCUT2D eigenvalue weighted by molar-refractivity contribution is 5.97. The number of carbonyl (C=O) groups is 2. The van der Waals surface area contributed by atoms with Crippen LogP contribution in [0.5, 0.6) is 0 Å². The zero-order valence-electron chi connectivity index (χ0n) is 8.97. The van der Waals surface area contributed by atoms with Gasteiger partial charge in [0.1, 0.15) is 0 Å². The van der Waals surface area contributed by atoms with Gasteiger partial charge in [0.2, 0.25) is 0 Å². The summed E-state index contributed by atoms with van der Waals surface area (Å²) in [5, 5.41) is 32.2. The van der Waals surface area contributed by atoms with Gasteiger partial charge >= 0.3 is 0 Å². The average molecular weight is 237 g/mol. The summed E-state index contributed by atoms with van der Waals surface area (Å²) in [6.45, 7) is 2.45. The number of nitro benzene ring substituents is 1. The lowest BCUT2D eigenvalue weighted by molar-refractivity contribution is -0.385. The van der Waals surface area contributed by atoms with Gasteiger partial charge in [0.05, 0.1) is 16.9 Å². The second kappa shape index (κ2) is 4.20. The molecular weight excluding hydrogens is 230 g/mol. The van der Waals surface area contributed by atoms with Gasteiger partial charge in [0.15, 0.2) is 0 Å². The molecule has 0 aliphatic heterocycles. The molecule has 0 spiro atoms. The van der Waals surface area contributed by atoms with Gasteiger partial charge in [-0.2, -0.15) is 0 Å². The maximum atomic E-state index is 10.8. The maximum Gasteiger partial charge on any atom is 0.273 e. The summed E-state index contributed by atoms with van der Waals surface area (Å²) in [6.07, 6.45) is 0. The number of carboxylic acid groups (broad SMARTS) is 2. The van der Waals surface area contributed by atoms with E-state index in [-0.39, 0.29) is 11.1 Å². The molecule has 0 N–H and O–H groups in total. The van der Waals surface area contributed by atoms with Crippen LogP contribution >= 0.6 is 0 Å². The van der Waals surface area contributed by atoms with Crippen molar-refractivity contribution in [2.24, 2.45) is 0 Å². The number of hydrogen-bond donors (Lipinski definition) is 0. The van der Waals surface area contributed by atoms with Gasteiger partial charge < -0.3 is 19.8 Å². The number of nitrogens with zero attached hydrogens (tertiary/aromatic N) is 1. The number of carboxylic acids is 2. The van der Waals surface area contributed by atoms with E-state index in [0.29, 0.717) is 0 Å². The van der Waals surface area contributed by atoms with Crippen molar-refractivity contribution in [1.29, 1.82) is 0 Å².